The van der Waals surface area contributed by atoms with E-state index in [2.05, 4.69) is 0 Å². The molecule has 0 spiro atoms. The summed E-state index contributed by atoms with van der Waals surface area (Å²) in [6, 6.07) is 27.0. The second kappa shape index (κ2) is 10.7. The molecule has 0 amide bonds. The fourth-order valence-corrected chi connectivity index (χ4v) is 8.15. The smallest absolute Gasteiger partial charge is 0.389 e. The summed E-state index contributed by atoms with van der Waals surface area (Å²) in [6.45, 7) is -1.57. The van der Waals surface area contributed by atoms with Crippen molar-refractivity contribution in [3.8, 4) is 0 Å². The molecule has 172 valence electrons. The second-order valence-electron chi connectivity index (χ2n) is 7.28. The van der Waals surface area contributed by atoms with Gasteiger partial charge in [-0.1, -0.05) is 91.0 Å². The number of hydrogen-bond donors (Lipinski definition) is 0. The lowest BCUT2D eigenvalue weighted by Crippen LogP contribution is -2.38. The molecule has 0 N–H and O–H groups in total. The number of benzene rings is 3. The van der Waals surface area contributed by atoms with Crippen molar-refractivity contribution in [2.75, 3.05) is 6.61 Å². The number of carbonyl (C=O) groups excluding carboxylic acids is 2. The Morgan fingerprint density at radius 2 is 1.15 bits per heavy atom. The van der Waals surface area contributed by atoms with Crippen LogP contribution in [0, 0.1) is 0 Å². The lowest BCUT2D eigenvalue weighted by Gasteiger charge is -2.31. The molecule has 3 rings (SSSR count). The van der Waals surface area contributed by atoms with Crippen LogP contribution in [0.3, 0.4) is 0 Å². The van der Waals surface area contributed by atoms with Crippen LogP contribution in [0.1, 0.15) is 19.8 Å². The van der Waals surface area contributed by atoms with E-state index in [0.717, 1.165) is 0 Å². The summed E-state index contributed by atoms with van der Waals surface area (Å²) in [5.41, 5.74) is 0. The highest BCUT2D eigenvalue weighted by Crippen LogP contribution is 2.47. The van der Waals surface area contributed by atoms with Gasteiger partial charge in [0.1, 0.15) is 5.29 Å². The Labute approximate surface area is 191 Å². The topological polar surface area (TPSA) is 43.4 Å². The molecular formula is C26H24F3O3P. The highest BCUT2D eigenvalue weighted by molar-refractivity contribution is 7.97. The summed E-state index contributed by atoms with van der Waals surface area (Å²) >= 11 is 0. The number of rotatable bonds is 8. The fraction of sp³-hybridized carbons (Fsp3) is 0.192. The second-order valence-corrected chi connectivity index (χ2v) is 10.6. The Morgan fingerprint density at radius 1 is 0.758 bits per heavy atom. The van der Waals surface area contributed by atoms with Gasteiger partial charge in [-0.05, 0) is 29.7 Å². The SMILES string of the molecule is CCOC(=O)C(C(=O)CCC(F)(F)F)=P(c1ccccc1)(c1ccccc1)c1ccccc1. The first-order valence-electron chi connectivity index (χ1n) is 10.5. The van der Waals surface area contributed by atoms with Gasteiger partial charge >= 0.3 is 12.1 Å². The largest absolute Gasteiger partial charge is 0.462 e. The third-order valence-corrected chi connectivity index (χ3v) is 9.46. The van der Waals surface area contributed by atoms with E-state index in [0.29, 0.717) is 15.9 Å². The van der Waals surface area contributed by atoms with Crippen molar-refractivity contribution in [1.29, 1.82) is 0 Å². The highest BCUT2D eigenvalue weighted by Gasteiger charge is 2.39. The zero-order valence-electron chi connectivity index (χ0n) is 18.1. The van der Waals surface area contributed by atoms with Crippen LogP contribution in [0.5, 0.6) is 0 Å². The van der Waals surface area contributed by atoms with E-state index >= 15 is 0 Å². The Morgan fingerprint density at radius 3 is 1.48 bits per heavy atom. The predicted octanol–water partition coefficient (Wildman–Crippen LogP) is 4.63. The van der Waals surface area contributed by atoms with E-state index in [4.69, 9.17) is 4.74 Å². The van der Waals surface area contributed by atoms with E-state index in [1.807, 2.05) is 54.6 Å². The minimum Gasteiger partial charge on any atom is -0.462 e. The molecule has 0 fully saturated rings. The minimum absolute atomic E-state index is 0.00669. The molecule has 0 unspecified atom stereocenters. The first-order chi connectivity index (χ1) is 15.8. The summed E-state index contributed by atoms with van der Waals surface area (Å²) in [4.78, 5) is 26.8. The van der Waals surface area contributed by atoms with Crippen LogP contribution in [0.25, 0.3) is 0 Å². The maximum Gasteiger partial charge on any atom is 0.389 e. The molecule has 7 heteroatoms. The average molecular weight is 472 g/mol. The summed E-state index contributed by atoms with van der Waals surface area (Å²) in [5, 5.41) is 1.83. The molecule has 3 aromatic carbocycles. The van der Waals surface area contributed by atoms with E-state index in [9.17, 15) is 22.8 Å². The molecule has 0 bridgehead atoms. The van der Waals surface area contributed by atoms with E-state index in [1.165, 1.54) is 0 Å². The predicted molar refractivity (Wildman–Crippen MR) is 127 cm³/mol. The standard InChI is InChI=1S/C26H24F3O3P/c1-2-32-25(31)24(23(30)18-19-26(27,28)29)33(20-12-6-3-7-13-20,21-14-8-4-9-15-21)22-16-10-5-11-17-22/h3-17H,2,18-19H2,1H3. The van der Waals surface area contributed by atoms with E-state index in [-0.39, 0.29) is 11.9 Å². The van der Waals surface area contributed by atoms with E-state index < -0.39 is 37.7 Å². The molecule has 0 aliphatic rings. The fourth-order valence-electron chi connectivity index (χ4n) is 3.80. The Kier molecular flexibility index (Phi) is 7.93. The number of ketones is 1. The van der Waals surface area contributed by atoms with Gasteiger partial charge in [-0.3, -0.25) is 4.79 Å². The van der Waals surface area contributed by atoms with Gasteiger partial charge in [0.2, 0.25) is 0 Å². The Hall–Kier alpha value is -3.11. The summed E-state index contributed by atoms with van der Waals surface area (Å²) in [7, 11) is 0. The molecule has 0 aliphatic heterocycles. The number of esters is 1. The van der Waals surface area contributed by atoms with Crippen LogP contribution in [0.2, 0.25) is 0 Å². The molecule has 33 heavy (non-hydrogen) atoms. The maximum atomic E-state index is 13.5. The van der Waals surface area contributed by atoms with Crippen molar-refractivity contribution in [1.82, 2.24) is 0 Å². The third-order valence-electron chi connectivity index (χ3n) is 5.13. The van der Waals surface area contributed by atoms with Crippen LogP contribution in [0.15, 0.2) is 91.0 Å². The van der Waals surface area contributed by atoms with Crippen molar-refractivity contribution in [3.05, 3.63) is 91.0 Å². The van der Waals surface area contributed by atoms with Gasteiger partial charge in [0.15, 0.2) is 5.78 Å². The molecule has 0 aromatic heterocycles. The number of alkyl halides is 3. The van der Waals surface area contributed by atoms with Gasteiger partial charge in [0, 0.05) is 6.42 Å². The van der Waals surface area contributed by atoms with Crippen LogP contribution >= 0.6 is 6.89 Å². The van der Waals surface area contributed by atoms with Gasteiger partial charge in [0.25, 0.3) is 0 Å². The lowest BCUT2D eigenvalue weighted by molar-refractivity contribution is -0.142. The monoisotopic (exact) mass is 472 g/mol. The van der Waals surface area contributed by atoms with E-state index in [1.54, 1.807) is 43.3 Å². The molecule has 0 radical (unpaired) electrons. The average Bonchev–Trinajstić information content (AvgIpc) is 2.82. The van der Waals surface area contributed by atoms with Crippen molar-refractivity contribution in [3.63, 3.8) is 0 Å². The number of hydrogen-bond acceptors (Lipinski definition) is 3. The van der Waals surface area contributed by atoms with Crippen LogP contribution in [0.4, 0.5) is 13.2 Å². The van der Waals surface area contributed by atoms with Crippen molar-refractivity contribution >= 4 is 39.8 Å². The number of halogens is 3. The summed E-state index contributed by atoms with van der Waals surface area (Å²) in [6.07, 6.45) is -6.66. The third kappa shape index (κ3) is 5.45. The molecule has 0 heterocycles. The van der Waals surface area contributed by atoms with Gasteiger partial charge < -0.3 is 4.74 Å². The zero-order chi connectivity index (χ0) is 23.9. The molecular weight excluding hydrogens is 448 g/mol. The van der Waals surface area contributed by atoms with Crippen molar-refractivity contribution < 1.29 is 27.5 Å². The quantitative estimate of drug-likeness (QED) is 0.273. The Bertz CT molecular complexity index is 1040. The van der Waals surface area contributed by atoms with Crippen molar-refractivity contribution in [2.24, 2.45) is 0 Å². The lowest BCUT2D eigenvalue weighted by atomic mass is 10.1. The molecule has 0 saturated heterocycles. The molecule has 0 atom stereocenters. The first kappa shape index (κ1) is 24.5. The zero-order valence-corrected chi connectivity index (χ0v) is 19.0. The summed E-state index contributed by atoms with van der Waals surface area (Å²) in [5.74, 6) is -1.73. The minimum atomic E-state index is -4.53. The molecule has 3 aromatic rings. The maximum absolute atomic E-state index is 13.5. The van der Waals surface area contributed by atoms with Gasteiger partial charge in [-0.2, -0.15) is 13.2 Å². The van der Waals surface area contributed by atoms with Gasteiger partial charge in [0.05, 0.1) is 13.0 Å². The van der Waals surface area contributed by atoms with Gasteiger partial charge in [-0.15, -0.1) is 0 Å². The number of ether oxygens (including phenoxy) is 1. The Balaban J connectivity index is 2.51. The van der Waals surface area contributed by atoms with Crippen molar-refractivity contribution in [2.45, 2.75) is 25.9 Å². The first-order valence-corrected chi connectivity index (χ1v) is 12.3. The van der Waals surface area contributed by atoms with Crippen LogP contribution in [-0.2, 0) is 14.3 Å². The molecule has 0 saturated carbocycles. The van der Waals surface area contributed by atoms with Crippen LogP contribution in [-0.4, -0.2) is 29.8 Å². The molecule has 0 aliphatic carbocycles. The van der Waals surface area contributed by atoms with Crippen LogP contribution < -0.4 is 15.9 Å². The highest BCUT2D eigenvalue weighted by atomic mass is 31.2. The van der Waals surface area contributed by atoms with Gasteiger partial charge in [-0.25, -0.2) is 4.79 Å². The molecule has 3 nitrogen and oxygen atoms in total. The normalized spacial score (nSPS) is 11.6. The summed E-state index contributed by atoms with van der Waals surface area (Å²) < 4.78 is 44.4. The number of Topliss-reactive ketones (excluding diaryl/α,β-unsaturated/α-hetero) is 1. The number of carbonyl (C=O) groups is 2.